The summed E-state index contributed by atoms with van der Waals surface area (Å²) in [6.07, 6.45) is 1.05. The molecule has 0 amide bonds. The zero-order valence-corrected chi connectivity index (χ0v) is 11.3. The maximum absolute atomic E-state index is 3.64. The molecule has 0 heterocycles. The Balaban J connectivity index is 2.52. The van der Waals surface area contributed by atoms with E-state index in [2.05, 4.69) is 71.4 Å². The lowest BCUT2D eigenvalue weighted by molar-refractivity contribution is 1.15. The summed E-state index contributed by atoms with van der Waals surface area (Å²) in [4.78, 5) is 0. The summed E-state index contributed by atoms with van der Waals surface area (Å²) in [6.45, 7) is 2.20. The Morgan fingerprint density at radius 3 is 2.41 bits per heavy atom. The maximum Gasteiger partial charge on any atom is 0.0213 e. The molecule has 17 heavy (non-hydrogen) atoms. The van der Waals surface area contributed by atoms with Gasteiger partial charge in [0.2, 0.25) is 0 Å². The first-order chi connectivity index (χ1) is 8.31. The molecule has 0 atom stereocenters. The first-order valence-corrected chi connectivity index (χ1v) is 6.69. The van der Waals surface area contributed by atoms with Crippen LogP contribution in [0.25, 0.3) is 21.5 Å². The lowest BCUT2D eigenvalue weighted by Gasteiger charge is -2.09. The van der Waals surface area contributed by atoms with Gasteiger partial charge in [0.1, 0.15) is 0 Å². The van der Waals surface area contributed by atoms with Gasteiger partial charge in [0, 0.05) is 4.47 Å². The van der Waals surface area contributed by atoms with Crippen molar-refractivity contribution in [3.8, 4) is 0 Å². The number of fused-ring (bicyclic) bond motifs is 3. The Morgan fingerprint density at radius 1 is 0.824 bits per heavy atom. The number of benzene rings is 3. The summed E-state index contributed by atoms with van der Waals surface area (Å²) in [5.41, 5.74) is 1.40. The molecule has 0 saturated carbocycles. The second kappa shape index (κ2) is 4.15. The number of halogens is 1. The van der Waals surface area contributed by atoms with Crippen LogP contribution in [0.5, 0.6) is 0 Å². The van der Waals surface area contributed by atoms with Crippen molar-refractivity contribution in [3.05, 3.63) is 58.6 Å². The minimum atomic E-state index is 1.05. The average molecular weight is 285 g/mol. The first-order valence-electron chi connectivity index (χ1n) is 5.90. The normalized spacial score (nSPS) is 11.2. The molecule has 0 fully saturated rings. The zero-order chi connectivity index (χ0) is 11.8. The van der Waals surface area contributed by atoms with Gasteiger partial charge in [-0.15, -0.1) is 0 Å². The van der Waals surface area contributed by atoms with E-state index < -0.39 is 0 Å². The van der Waals surface area contributed by atoms with Gasteiger partial charge in [-0.3, -0.25) is 0 Å². The molecule has 1 heteroatoms. The van der Waals surface area contributed by atoms with Gasteiger partial charge in [0.05, 0.1) is 0 Å². The molecule has 0 spiro atoms. The summed E-state index contributed by atoms with van der Waals surface area (Å²) in [7, 11) is 0. The molecular formula is C16H13Br. The van der Waals surface area contributed by atoms with Gasteiger partial charge in [-0.25, -0.2) is 0 Å². The molecule has 0 radical (unpaired) electrons. The molecule has 3 rings (SSSR count). The second-order valence-electron chi connectivity index (χ2n) is 4.26. The molecule has 0 bridgehead atoms. The van der Waals surface area contributed by atoms with Crippen LogP contribution in [0, 0.1) is 0 Å². The van der Waals surface area contributed by atoms with Crippen molar-refractivity contribution in [1.29, 1.82) is 0 Å². The molecular weight excluding hydrogens is 272 g/mol. The van der Waals surface area contributed by atoms with Crippen molar-refractivity contribution >= 4 is 37.5 Å². The fourth-order valence-electron chi connectivity index (χ4n) is 2.48. The Hall–Kier alpha value is -1.34. The Morgan fingerprint density at radius 2 is 1.59 bits per heavy atom. The summed E-state index contributed by atoms with van der Waals surface area (Å²) >= 11 is 3.64. The van der Waals surface area contributed by atoms with E-state index >= 15 is 0 Å². The van der Waals surface area contributed by atoms with E-state index in [9.17, 15) is 0 Å². The van der Waals surface area contributed by atoms with Crippen LogP contribution in [0.4, 0.5) is 0 Å². The SMILES string of the molecule is CCc1c(Br)ccc2c1ccc1ccccc12. The summed E-state index contributed by atoms with van der Waals surface area (Å²) in [6, 6.07) is 17.4. The third-order valence-corrected chi connectivity index (χ3v) is 4.08. The van der Waals surface area contributed by atoms with Crippen molar-refractivity contribution < 1.29 is 0 Å². The lowest BCUT2D eigenvalue weighted by atomic mass is 9.97. The highest BCUT2D eigenvalue weighted by Gasteiger charge is 2.06. The molecule has 0 aliphatic rings. The summed E-state index contributed by atoms with van der Waals surface area (Å²) in [5, 5.41) is 5.36. The van der Waals surface area contributed by atoms with E-state index in [0.29, 0.717) is 0 Å². The molecule has 3 aromatic rings. The van der Waals surface area contributed by atoms with Crippen LogP contribution in [0.1, 0.15) is 12.5 Å². The smallest absolute Gasteiger partial charge is 0.0213 e. The van der Waals surface area contributed by atoms with Crippen molar-refractivity contribution in [2.75, 3.05) is 0 Å². The third-order valence-electron chi connectivity index (χ3n) is 3.33. The molecule has 84 valence electrons. The molecule has 0 unspecified atom stereocenters. The van der Waals surface area contributed by atoms with Crippen molar-refractivity contribution in [3.63, 3.8) is 0 Å². The van der Waals surface area contributed by atoms with E-state index in [1.807, 2.05) is 0 Å². The first kappa shape index (κ1) is 10.8. The van der Waals surface area contributed by atoms with E-state index in [4.69, 9.17) is 0 Å². The largest absolute Gasteiger partial charge is 0.0616 e. The van der Waals surface area contributed by atoms with Crippen molar-refractivity contribution in [2.45, 2.75) is 13.3 Å². The summed E-state index contributed by atoms with van der Waals surface area (Å²) < 4.78 is 1.21. The van der Waals surface area contributed by atoms with Crippen LogP contribution in [0.2, 0.25) is 0 Å². The molecule has 0 N–H and O–H groups in total. The van der Waals surface area contributed by atoms with Gasteiger partial charge >= 0.3 is 0 Å². The average Bonchev–Trinajstić information content (AvgIpc) is 2.38. The molecule has 0 aliphatic carbocycles. The van der Waals surface area contributed by atoms with Gasteiger partial charge in [0.25, 0.3) is 0 Å². The Labute approximate surface area is 109 Å². The predicted molar refractivity (Wildman–Crippen MR) is 78.5 cm³/mol. The van der Waals surface area contributed by atoms with Crippen LogP contribution in [-0.4, -0.2) is 0 Å². The van der Waals surface area contributed by atoms with Crippen LogP contribution >= 0.6 is 15.9 Å². The number of aryl methyl sites for hydroxylation is 1. The van der Waals surface area contributed by atoms with Gasteiger partial charge in [-0.2, -0.15) is 0 Å². The van der Waals surface area contributed by atoms with Gasteiger partial charge in [-0.1, -0.05) is 65.3 Å². The maximum atomic E-state index is 3.64. The number of hydrogen-bond acceptors (Lipinski definition) is 0. The Kier molecular flexibility index (Phi) is 2.64. The van der Waals surface area contributed by atoms with E-state index in [0.717, 1.165) is 6.42 Å². The van der Waals surface area contributed by atoms with Crippen molar-refractivity contribution in [2.24, 2.45) is 0 Å². The quantitative estimate of drug-likeness (QED) is 0.531. The third kappa shape index (κ3) is 1.66. The monoisotopic (exact) mass is 284 g/mol. The van der Waals surface area contributed by atoms with Crippen LogP contribution in [0.15, 0.2) is 53.0 Å². The minimum Gasteiger partial charge on any atom is -0.0616 e. The molecule has 0 nitrogen and oxygen atoms in total. The van der Waals surface area contributed by atoms with E-state index in [-0.39, 0.29) is 0 Å². The van der Waals surface area contributed by atoms with Gasteiger partial charge in [0.15, 0.2) is 0 Å². The molecule has 3 aromatic carbocycles. The fourth-order valence-corrected chi connectivity index (χ4v) is 3.11. The lowest BCUT2D eigenvalue weighted by Crippen LogP contribution is -1.87. The van der Waals surface area contributed by atoms with E-state index in [1.165, 1.54) is 31.6 Å². The molecule has 0 saturated heterocycles. The molecule has 0 aromatic heterocycles. The van der Waals surface area contributed by atoms with Crippen LogP contribution in [-0.2, 0) is 6.42 Å². The minimum absolute atomic E-state index is 1.05. The highest BCUT2D eigenvalue weighted by atomic mass is 79.9. The number of hydrogen-bond donors (Lipinski definition) is 0. The fraction of sp³-hybridized carbons (Fsp3) is 0.125. The highest BCUT2D eigenvalue weighted by molar-refractivity contribution is 9.10. The Bertz CT molecular complexity index is 698. The zero-order valence-electron chi connectivity index (χ0n) is 9.70. The van der Waals surface area contributed by atoms with E-state index in [1.54, 1.807) is 0 Å². The number of rotatable bonds is 1. The predicted octanol–water partition coefficient (Wildman–Crippen LogP) is 5.32. The van der Waals surface area contributed by atoms with Crippen LogP contribution in [0.3, 0.4) is 0 Å². The standard InChI is InChI=1S/C16H13Br/c1-2-12-14-8-7-11-5-3-4-6-13(11)15(14)9-10-16(12)17/h3-10H,2H2,1H3. The molecule has 0 aliphatic heterocycles. The second-order valence-corrected chi connectivity index (χ2v) is 5.12. The van der Waals surface area contributed by atoms with Gasteiger partial charge < -0.3 is 0 Å². The van der Waals surface area contributed by atoms with Crippen LogP contribution < -0.4 is 0 Å². The summed E-state index contributed by atoms with van der Waals surface area (Å²) in [5.74, 6) is 0. The highest BCUT2D eigenvalue weighted by Crippen LogP contribution is 2.31. The van der Waals surface area contributed by atoms with Gasteiger partial charge in [-0.05, 0) is 39.6 Å². The van der Waals surface area contributed by atoms with Crippen molar-refractivity contribution in [1.82, 2.24) is 0 Å². The topological polar surface area (TPSA) is 0 Å².